The first kappa shape index (κ1) is 12.8. The number of alkyl halides is 3. The van der Waals surface area contributed by atoms with Crippen LogP contribution in [0.15, 0.2) is 12.2 Å². The summed E-state index contributed by atoms with van der Waals surface area (Å²) in [5.74, 6) is -1.34. The van der Waals surface area contributed by atoms with Crippen molar-refractivity contribution in [2.75, 3.05) is 6.61 Å². The van der Waals surface area contributed by atoms with E-state index in [0.717, 1.165) is 6.08 Å². The molecule has 1 rings (SSSR count). The summed E-state index contributed by atoms with van der Waals surface area (Å²) < 4.78 is 49.6. The molecule has 0 aromatic carbocycles. The van der Waals surface area contributed by atoms with E-state index in [1.54, 1.807) is 0 Å². The van der Waals surface area contributed by atoms with Gasteiger partial charge in [-0.1, -0.05) is 6.08 Å². The van der Waals surface area contributed by atoms with Crippen LogP contribution >= 0.6 is 0 Å². The summed E-state index contributed by atoms with van der Waals surface area (Å²) in [5.41, 5.74) is 0. The van der Waals surface area contributed by atoms with Gasteiger partial charge >= 0.3 is 12.3 Å². The molecule has 0 spiro atoms. The van der Waals surface area contributed by atoms with Crippen molar-refractivity contribution in [2.45, 2.75) is 31.9 Å². The van der Waals surface area contributed by atoms with Crippen molar-refractivity contribution in [1.82, 2.24) is 0 Å². The topological polar surface area (TPSA) is 44.8 Å². The van der Waals surface area contributed by atoms with E-state index < -0.39 is 24.2 Å². The Kier molecular flexibility index (Phi) is 3.47. The van der Waals surface area contributed by atoms with Crippen LogP contribution in [0.5, 0.6) is 0 Å². The van der Waals surface area contributed by atoms with Gasteiger partial charge in [0.25, 0.3) is 5.79 Å². The van der Waals surface area contributed by atoms with Crippen LogP contribution < -0.4 is 0 Å². The summed E-state index contributed by atoms with van der Waals surface area (Å²) >= 11 is 0. The van der Waals surface area contributed by atoms with Crippen molar-refractivity contribution in [2.24, 2.45) is 0 Å². The first-order valence-electron chi connectivity index (χ1n) is 4.51. The van der Waals surface area contributed by atoms with Crippen LogP contribution in [0.25, 0.3) is 0 Å². The molecule has 7 heteroatoms. The lowest BCUT2D eigenvalue weighted by molar-refractivity contribution is -0.179. The molecule has 0 saturated carbocycles. The molecule has 1 aliphatic rings. The van der Waals surface area contributed by atoms with Crippen molar-refractivity contribution < 1.29 is 32.2 Å². The van der Waals surface area contributed by atoms with E-state index in [2.05, 4.69) is 4.74 Å². The second-order valence-electron chi connectivity index (χ2n) is 3.38. The molecule has 1 fully saturated rings. The molecule has 0 N–H and O–H groups in total. The van der Waals surface area contributed by atoms with E-state index in [1.807, 2.05) is 0 Å². The molecular weight excluding hydrogens is 229 g/mol. The fraction of sp³-hybridized carbons (Fsp3) is 0.667. The van der Waals surface area contributed by atoms with Crippen LogP contribution in [0.2, 0.25) is 0 Å². The van der Waals surface area contributed by atoms with Crippen LogP contribution in [0.1, 0.15) is 13.8 Å². The van der Waals surface area contributed by atoms with Crippen molar-refractivity contribution in [3.8, 4) is 0 Å². The van der Waals surface area contributed by atoms with Crippen molar-refractivity contribution in [3.63, 3.8) is 0 Å². The Hall–Kier alpha value is -1.24. The summed E-state index contributed by atoms with van der Waals surface area (Å²) in [6, 6.07) is 0. The lowest BCUT2D eigenvalue weighted by Gasteiger charge is -2.23. The normalized spacial score (nSPS) is 30.6. The van der Waals surface area contributed by atoms with E-state index in [4.69, 9.17) is 9.47 Å². The maximum atomic E-state index is 11.7. The highest BCUT2D eigenvalue weighted by atomic mass is 19.4. The molecule has 0 aromatic heterocycles. The first-order valence-corrected chi connectivity index (χ1v) is 4.51. The summed E-state index contributed by atoms with van der Waals surface area (Å²) in [6.07, 6.45) is -5.09. The Labute approximate surface area is 90.0 Å². The highest BCUT2D eigenvalue weighted by Crippen LogP contribution is 2.28. The third kappa shape index (κ3) is 3.41. The summed E-state index contributed by atoms with van der Waals surface area (Å²) in [5, 5.41) is 0. The van der Waals surface area contributed by atoms with E-state index in [9.17, 15) is 18.0 Å². The third-order valence-corrected chi connectivity index (χ3v) is 2.07. The van der Waals surface area contributed by atoms with Gasteiger partial charge in [-0.25, -0.2) is 4.79 Å². The zero-order valence-electron chi connectivity index (χ0n) is 8.71. The van der Waals surface area contributed by atoms with Crippen LogP contribution in [0.3, 0.4) is 0 Å². The van der Waals surface area contributed by atoms with Crippen LogP contribution in [-0.2, 0) is 14.2 Å². The molecule has 92 valence electrons. The third-order valence-electron chi connectivity index (χ3n) is 2.07. The molecule has 0 aliphatic carbocycles. The van der Waals surface area contributed by atoms with Gasteiger partial charge in [-0.2, -0.15) is 13.2 Å². The zero-order valence-corrected chi connectivity index (χ0v) is 8.71. The van der Waals surface area contributed by atoms with E-state index >= 15 is 0 Å². The standard InChI is InChI=1S/C9H11F3O4/c1-6-8(2,16-7(13)15-6)14-5-3-4-9(10,11)12/h3-4,6H,5H2,1-2H3. The van der Waals surface area contributed by atoms with Crippen LogP contribution in [0, 0.1) is 0 Å². The number of halogens is 3. The minimum Gasteiger partial charge on any atom is -0.424 e. The molecule has 0 bridgehead atoms. The van der Waals surface area contributed by atoms with Crippen molar-refractivity contribution in [1.29, 1.82) is 0 Å². The highest BCUT2D eigenvalue weighted by Gasteiger charge is 2.46. The summed E-state index contributed by atoms with van der Waals surface area (Å²) in [7, 11) is 0. The average molecular weight is 240 g/mol. The Morgan fingerprint density at radius 2 is 2.19 bits per heavy atom. The molecule has 2 atom stereocenters. The average Bonchev–Trinajstić information content (AvgIpc) is 2.34. The second-order valence-corrected chi connectivity index (χ2v) is 3.38. The van der Waals surface area contributed by atoms with E-state index in [0.29, 0.717) is 0 Å². The van der Waals surface area contributed by atoms with Gasteiger partial charge < -0.3 is 14.2 Å². The van der Waals surface area contributed by atoms with Gasteiger partial charge in [0, 0.05) is 13.0 Å². The summed E-state index contributed by atoms with van der Waals surface area (Å²) in [6.45, 7) is 2.62. The molecule has 0 aromatic rings. The summed E-state index contributed by atoms with van der Waals surface area (Å²) in [4.78, 5) is 10.7. The van der Waals surface area contributed by atoms with Gasteiger partial charge in [0.2, 0.25) is 0 Å². The lowest BCUT2D eigenvalue weighted by Crippen LogP contribution is -2.37. The van der Waals surface area contributed by atoms with Crippen molar-refractivity contribution in [3.05, 3.63) is 12.2 Å². The number of carbonyl (C=O) groups excluding carboxylic acids is 1. The van der Waals surface area contributed by atoms with Crippen LogP contribution in [0.4, 0.5) is 18.0 Å². The highest BCUT2D eigenvalue weighted by molar-refractivity contribution is 5.62. The quantitative estimate of drug-likeness (QED) is 0.561. The number of hydrogen-bond acceptors (Lipinski definition) is 4. The van der Waals surface area contributed by atoms with Gasteiger partial charge in [0.05, 0.1) is 6.61 Å². The van der Waals surface area contributed by atoms with Gasteiger partial charge in [0.15, 0.2) is 6.10 Å². The molecule has 4 nitrogen and oxygen atoms in total. The number of carbonyl (C=O) groups is 1. The Morgan fingerprint density at radius 1 is 1.56 bits per heavy atom. The molecule has 1 aliphatic heterocycles. The van der Waals surface area contributed by atoms with E-state index in [-0.39, 0.29) is 12.7 Å². The monoisotopic (exact) mass is 240 g/mol. The molecule has 0 amide bonds. The molecule has 2 unspecified atom stereocenters. The number of ether oxygens (including phenoxy) is 3. The smallest absolute Gasteiger partial charge is 0.424 e. The molecule has 1 heterocycles. The fourth-order valence-electron chi connectivity index (χ4n) is 1.07. The molecule has 16 heavy (non-hydrogen) atoms. The molecular formula is C9H11F3O4. The van der Waals surface area contributed by atoms with Gasteiger partial charge in [-0.15, -0.1) is 0 Å². The fourth-order valence-corrected chi connectivity index (χ4v) is 1.07. The maximum absolute atomic E-state index is 11.7. The Morgan fingerprint density at radius 3 is 2.62 bits per heavy atom. The number of cyclic esters (lactones) is 2. The van der Waals surface area contributed by atoms with Gasteiger partial charge in [-0.05, 0) is 6.92 Å². The lowest BCUT2D eigenvalue weighted by atomic mass is 10.2. The number of allylic oxidation sites excluding steroid dienone is 1. The number of hydrogen-bond donors (Lipinski definition) is 0. The van der Waals surface area contributed by atoms with Gasteiger partial charge in [0.1, 0.15) is 0 Å². The maximum Gasteiger partial charge on any atom is 0.511 e. The predicted octanol–water partition coefficient (Wildman–Crippen LogP) is 2.39. The largest absolute Gasteiger partial charge is 0.511 e. The van der Waals surface area contributed by atoms with E-state index in [1.165, 1.54) is 13.8 Å². The van der Waals surface area contributed by atoms with Crippen molar-refractivity contribution >= 4 is 6.16 Å². The number of rotatable bonds is 3. The minimum absolute atomic E-state index is 0.0542. The first-order chi connectivity index (χ1) is 7.23. The van der Waals surface area contributed by atoms with Crippen LogP contribution in [-0.4, -0.2) is 30.8 Å². The SMILES string of the molecule is CC1OC(=O)OC1(C)OCC=CC(F)(F)F. The Bertz CT molecular complexity index is 300. The molecule has 1 saturated heterocycles. The minimum atomic E-state index is -4.38. The second kappa shape index (κ2) is 4.32. The van der Waals surface area contributed by atoms with Gasteiger partial charge in [-0.3, -0.25) is 0 Å². The zero-order chi connectivity index (χ0) is 12.4. The molecule has 0 radical (unpaired) electrons. The predicted molar refractivity (Wildman–Crippen MR) is 46.6 cm³/mol. The Balaban J connectivity index is 2.43.